The van der Waals surface area contributed by atoms with Crippen molar-refractivity contribution in [3.8, 4) is 0 Å². The zero-order valence-corrected chi connectivity index (χ0v) is 15.1. The monoisotopic (exact) mass is 385 g/mol. The molecule has 18 heavy (non-hydrogen) atoms. The molecular formula is C14H28INOS. The van der Waals surface area contributed by atoms with Crippen LogP contribution >= 0.6 is 11.8 Å². The zero-order valence-electron chi connectivity index (χ0n) is 12.1. The molecule has 0 bridgehead atoms. The summed E-state index contributed by atoms with van der Waals surface area (Å²) >= 11 is 1.56. The van der Waals surface area contributed by atoms with E-state index in [-0.39, 0.29) is 24.0 Å². The molecule has 0 radical (unpaired) electrons. The van der Waals surface area contributed by atoms with Crippen molar-refractivity contribution in [2.45, 2.75) is 58.4 Å². The van der Waals surface area contributed by atoms with Crippen molar-refractivity contribution in [2.75, 3.05) is 25.9 Å². The van der Waals surface area contributed by atoms with Gasteiger partial charge in [-0.15, -0.1) is 0 Å². The summed E-state index contributed by atoms with van der Waals surface area (Å²) < 4.78 is 1.17. The summed E-state index contributed by atoms with van der Waals surface area (Å²) in [5.74, 6) is 1.00. The van der Waals surface area contributed by atoms with Crippen LogP contribution in [0.2, 0.25) is 0 Å². The minimum Gasteiger partial charge on any atom is -1.00 e. The Morgan fingerprint density at radius 2 is 2.11 bits per heavy atom. The van der Waals surface area contributed by atoms with Crippen LogP contribution in [0.4, 0.5) is 0 Å². The fraction of sp³-hybridized carbons (Fsp3) is 0.929. The Labute approximate surface area is 134 Å². The standard InChI is InChI=1S/C14H28NOS.HI/c1-4-5-9-14(16)17-12-11-15(3)10-7-6-8-13(15)2;/h13H,4-12H2,1-3H3;1H/q+1;/p-1. The number of halogens is 1. The molecule has 0 saturated carbocycles. The van der Waals surface area contributed by atoms with Crippen molar-refractivity contribution in [1.29, 1.82) is 0 Å². The Morgan fingerprint density at radius 3 is 2.72 bits per heavy atom. The van der Waals surface area contributed by atoms with Gasteiger partial charge in [-0.2, -0.15) is 0 Å². The lowest BCUT2D eigenvalue weighted by Crippen LogP contribution is -3.00. The Hall–Kier alpha value is 0.710. The number of piperidine rings is 1. The van der Waals surface area contributed by atoms with Gasteiger partial charge in [0.1, 0.15) is 0 Å². The van der Waals surface area contributed by atoms with Gasteiger partial charge >= 0.3 is 0 Å². The van der Waals surface area contributed by atoms with Crippen LogP contribution in [-0.2, 0) is 4.79 Å². The first-order valence-corrected chi connectivity index (χ1v) is 8.07. The molecule has 108 valence electrons. The molecule has 1 aliphatic rings. The predicted octanol–water partition coefficient (Wildman–Crippen LogP) is 0.459. The summed E-state index contributed by atoms with van der Waals surface area (Å²) in [5.41, 5.74) is 0. The highest BCUT2D eigenvalue weighted by Crippen LogP contribution is 2.24. The Bertz CT molecular complexity index is 250. The quantitative estimate of drug-likeness (QED) is 0.488. The van der Waals surface area contributed by atoms with Gasteiger partial charge < -0.3 is 28.5 Å². The van der Waals surface area contributed by atoms with E-state index in [2.05, 4.69) is 20.9 Å². The third kappa shape index (κ3) is 6.24. The van der Waals surface area contributed by atoms with Crippen molar-refractivity contribution >= 4 is 16.9 Å². The molecule has 0 aromatic rings. The van der Waals surface area contributed by atoms with Crippen molar-refractivity contribution < 1.29 is 33.3 Å². The largest absolute Gasteiger partial charge is 1.00 e. The van der Waals surface area contributed by atoms with Gasteiger partial charge in [-0.25, -0.2) is 0 Å². The SMILES string of the molecule is CCCCC(=O)SCC[N+]1(C)CCCCC1C.[I-]. The number of likely N-dealkylation sites (tertiary alicyclic amines) is 1. The highest BCUT2D eigenvalue weighted by Gasteiger charge is 2.31. The number of quaternary nitrogens is 1. The number of carbonyl (C=O) groups excluding carboxylic acids is 1. The first kappa shape index (κ1) is 18.7. The van der Waals surface area contributed by atoms with Gasteiger partial charge in [0.25, 0.3) is 0 Å². The summed E-state index contributed by atoms with van der Waals surface area (Å²) in [6, 6.07) is 0.773. The molecular weight excluding hydrogens is 357 g/mol. The van der Waals surface area contributed by atoms with E-state index in [1.807, 2.05) is 0 Å². The molecule has 2 atom stereocenters. The fourth-order valence-corrected chi connectivity index (χ4v) is 3.56. The minimum absolute atomic E-state index is 0. The van der Waals surface area contributed by atoms with Gasteiger partial charge in [-0.3, -0.25) is 4.79 Å². The molecule has 0 spiro atoms. The molecule has 1 heterocycles. The number of rotatable bonds is 6. The number of nitrogens with zero attached hydrogens (tertiary/aromatic N) is 1. The lowest BCUT2D eigenvalue weighted by molar-refractivity contribution is -0.934. The second kappa shape index (κ2) is 9.59. The maximum absolute atomic E-state index is 11.6. The van der Waals surface area contributed by atoms with Crippen LogP contribution in [0.3, 0.4) is 0 Å². The Balaban J connectivity index is 0.00000289. The third-order valence-corrected chi connectivity index (χ3v) is 5.12. The molecule has 0 aromatic heterocycles. The highest BCUT2D eigenvalue weighted by molar-refractivity contribution is 8.13. The lowest BCUT2D eigenvalue weighted by atomic mass is 10.0. The second-order valence-electron chi connectivity index (χ2n) is 5.60. The Morgan fingerprint density at radius 1 is 1.39 bits per heavy atom. The van der Waals surface area contributed by atoms with Gasteiger partial charge in [0.2, 0.25) is 0 Å². The van der Waals surface area contributed by atoms with Crippen LogP contribution in [0.1, 0.15) is 52.4 Å². The van der Waals surface area contributed by atoms with Gasteiger partial charge in [-0.05, 0) is 32.6 Å². The van der Waals surface area contributed by atoms with E-state index in [1.54, 1.807) is 11.8 Å². The molecule has 1 rings (SSSR count). The third-order valence-electron chi connectivity index (χ3n) is 4.20. The maximum atomic E-state index is 11.6. The van der Waals surface area contributed by atoms with E-state index in [0.717, 1.165) is 37.6 Å². The van der Waals surface area contributed by atoms with E-state index in [1.165, 1.54) is 30.3 Å². The molecule has 0 amide bonds. The van der Waals surface area contributed by atoms with E-state index < -0.39 is 0 Å². The van der Waals surface area contributed by atoms with E-state index in [4.69, 9.17) is 0 Å². The van der Waals surface area contributed by atoms with Crippen molar-refractivity contribution in [1.82, 2.24) is 0 Å². The van der Waals surface area contributed by atoms with Gasteiger partial charge in [0.15, 0.2) is 5.12 Å². The topological polar surface area (TPSA) is 17.1 Å². The first-order valence-electron chi connectivity index (χ1n) is 7.08. The van der Waals surface area contributed by atoms with E-state index >= 15 is 0 Å². The molecule has 1 saturated heterocycles. The van der Waals surface area contributed by atoms with Gasteiger partial charge in [0.05, 0.1) is 31.9 Å². The summed E-state index contributed by atoms with van der Waals surface area (Å²) in [6.07, 6.45) is 7.03. The number of unbranched alkanes of at least 4 members (excludes halogenated alkanes) is 1. The number of hydrogen-bond donors (Lipinski definition) is 0. The molecule has 1 aliphatic heterocycles. The molecule has 0 aromatic carbocycles. The Kier molecular flexibility index (Phi) is 9.97. The second-order valence-corrected chi connectivity index (χ2v) is 6.75. The van der Waals surface area contributed by atoms with Crippen molar-refractivity contribution in [3.05, 3.63) is 0 Å². The zero-order chi connectivity index (χ0) is 12.7. The highest BCUT2D eigenvalue weighted by atomic mass is 127. The molecule has 1 fully saturated rings. The van der Waals surface area contributed by atoms with Crippen LogP contribution in [0.15, 0.2) is 0 Å². The molecule has 4 heteroatoms. The molecule has 2 nitrogen and oxygen atoms in total. The molecule has 2 unspecified atom stereocenters. The summed E-state index contributed by atoms with van der Waals surface area (Å²) in [6.45, 7) is 6.96. The normalized spacial score (nSPS) is 27.6. The first-order chi connectivity index (χ1) is 8.08. The minimum atomic E-state index is 0. The fourth-order valence-electron chi connectivity index (χ4n) is 2.54. The molecule has 0 N–H and O–H groups in total. The van der Waals surface area contributed by atoms with E-state index in [0.29, 0.717) is 5.12 Å². The molecule has 0 aliphatic carbocycles. The maximum Gasteiger partial charge on any atom is 0.189 e. The number of carbonyl (C=O) groups is 1. The average Bonchev–Trinajstić information content (AvgIpc) is 2.30. The van der Waals surface area contributed by atoms with Crippen LogP contribution in [-0.4, -0.2) is 41.5 Å². The smallest absolute Gasteiger partial charge is 0.189 e. The lowest BCUT2D eigenvalue weighted by Gasteiger charge is -2.43. The van der Waals surface area contributed by atoms with Crippen LogP contribution < -0.4 is 24.0 Å². The average molecular weight is 385 g/mol. The summed E-state index contributed by atoms with van der Waals surface area (Å²) in [4.78, 5) is 11.6. The number of hydrogen-bond acceptors (Lipinski definition) is 2. The van der Waals surface area contributed by atoms with Gasteiger partial charge in [0, 0.05) is 6.42 Å². The predicted molar refractivity (Wildman–Crippen MR) is 76.2 cm³/mol. The van der Waals surface area contributed by atoms with Crippen LogP contribution in [0, 0.1) is 0 Å². The van der Waals surface area contributed by atoms with Crippen LogP contribution in [0.25, 0.3) is 0 Å². The van der Waals surface area contributed by atoms with Crippen molar-refractivity contribution in [2.24, 2.45) is 0 Å². The summed E-state index contributed by atoms with van der Waals surface area (Å²) in [7, 11) is 2.36. The summed E-state index contributed by atoms with van der Waals surface area (Å²) in [5, 5.41) is 0.392. The van der Waals surface area contributed by atoms with E-state index in [9.17, 15) is 4.79 Å². The number of thioether (sulfide) groups is 1. The van der Waals surface area contributed by atoms with Crippen molar-refractivity contribution in [3.63, 3.8) is 0 Å². The van der Waals surface area contributed by atoms with Gasteiger partial charge in [-0.1, -0.05) is 25.1 Å². The van der Waals surface area contributed by atoms with Crippen LogP contribution in [0.5, 0.6) is 0 Å².